The van der Waals surface area contributed by atoms with Crippen LogP contribution in [0.5, 0.6) is 0 Å². The van der Waals surface area contributed by atoms with E-state index in [2.05, 4.69) is 30.2 Å². The first-order chi connectivity index (χ1) is 13.1. The van der Waals surface area contributed by atoms with Crippen LogP contribution in [0.1, 0.15) is 22.4 Å². The number of aryl methyl sites for hydroxylation is 1. The molecule has 27 heavy (non-hydrogen) atoms. The van der Waals surface area contributed by atoms with Crippen LogP contribution in [0.15, 0.2) is 43.0 Å². The van der Waals surface area contributed by atoms with E-state index >= 15 is 0 Å². The zero-order valence-corrected chi connectivity index (χ0v) is 15.3. The largest absolute Gasteiger partial charge is 0.366 e. The first-order valence-corrected chi connectivity index (χ1v) is 8.75. The first kappa shape index (κ1) is 17.4. The molecule has 0 saturated carbocycles. The Bertz CT molecular complexity index is 1090. The molecule has 2 N–H and O–H groups in total. The van der Waals surface area contributed by atoms with E-state index in [1.54, 1.807) is 24.4 Å². The fourth-order valence-electron chi connectivity index (χ4n) is 2.94. The third kappa shape index (κ3) is 3.73. The standard InChI is InChI=1S/C19H16ClFN6/c1-11-17-14(9-24-19(17)26-10-25-11)6-13-3-5-16(27-18(13)21)23-8-12-2-4-15(20)22-7-12/h2-5,7,9-10H,6,8H2,1H3,(H,23,27)(H,24,25,26). The van der Waals surface area contributed by atoms with E-state index < -0.39 is 5.95 Å². The maximum absolute atomic E-state index is 14.5. The molecule has 0 aromatic carbocycles. The fourth-order valence-corrected chi connectivity index (χ4v) is 3.05. The molecule has 0 bridgehead atoms. The van der Waals surface area contributed by atoms with Gasteiger partial charge in [0.25, 0.3) is 0 Å². The van der Waals surface area contributed by atoms with Gasteiger partial charge in [0.05, 0.1) is 5.69 Å². The van der Waals surface area contributed by atoms with Crippen molar-refractivity contribution in [2.24, 2.45) is 0 Å². The summed E-state index contributed by atoms with van der Waals surface area (Å²) in [6.45, 7) is 2.39. The number of aromatic amines is 1. The van der Waals surface area contributed by atoms with Gasteiger partial charge in [0.2, 0.25) is 5.95 Å². The Morgan fingerprint density at radius 2 is 2.00 bits per heavy atom. The Balaban J connectivity index is 1.50. The highest BCUT2D eigenvalue weighted by Crippen LogP contribution is 2.23. The minimum absolute atomic E-state index is 0.411. The van der Waals surface area contributed by atoms with Crippen molar-refractivity contribution < 1.29 is 4.39 Å². The number of hydrogen-bond acceptors (Lipinski definition) is 5. The molecule has 0 aliphatic carbocycles. The van der Waals surface area contributed by atoms with Gasteiger partial charge in [-0.3, -0.25) is 0 Å². The number of H-pyrrole nitrogens is 1. The third-order valence-electron chi connectivity index (χ3n) is 4.31. The quantitative estimate of drug-likeness (QED) is 0.509. The van der Waals surface area contributed by atoms with E-state index in [1.807, 2.05) is 19.2 Å². The van der Waals surface area contributed by atoms with E-state index in [-0.39, 0.29) is 0 Å². The molecule has 0 saturated heterocycles. The Hall–Kier alpha value is -3.06. The van der Waals surface area contributed by atoms with Gasteiger partial charge in [0.1, 0.15) is 22.9 Å². The Morgan fingerprint density at radius 1 is 1.11 bits per heavy atom. The summed E-state index contributed by atoms with van der Waals surface area (Å²) >= 11 is 5.77. The molecule has 0 radical (unpaired) electrons. The van der Waals surface area contributed by atoms with Gasteiger partial charge in [0.15, 0.2) is 0 Å². The van der Waals surface area contributed by atoms with E-state index in [4.69, 9.17) is 11.6 Å². The smallest absolute Gasteiger partial charge is 0.218 e. The second-order valence-electron chi connectivity index (χ2n) is 6.16. The maximum Gasteiger partial charge on any atom is 0.218 e. The van der Waals surface area contributed by atoms with Crippen LogP contribution < -0.4 is 5.32 Å². The fraction of sp³-hybridized carbons (Fsp3) is 0.158. The molecule has 136 valence electrons. The summed E-state index contributed by atoms with van der Waals surface area (Å²) in [6, 6.07) is 7.07. The number of nitrogens with zero attached hydrogens (tertiary/aromatic N) is 4. The summed E-state index contributed by atoms with van der Waals surface area (Å²) in [7, 11) is 0. The Morgan fingerprint density at radius 3 is 2.78 bits per heavy atom. The van der Waals surface area contributed by atoms with Gasteiger partial charge in [-0.1, -0.05) is 23.7 Å². The summed E-state index contributed by atoms with van der Waals surface area (Å²) < 4.78 is 14.5. The number of fused-ring (bicyclic) bond motifs is 1. The van der Waals surface area contributed by atoms with Gasteiger partial charge in [-0.15, -0.1) is 0 Å². The zero-order valence-electron chi connectivity index (χ0n) is 14.5. The molecule has 0 aliphatic heterocycles. The molecular weight excluding hydrogens is 367 g/mol. The van der Waals surface area contributed by atoms with E-state index in [9.17, 15) is 4.39 Å². The minimum atomic E-state index is -0.502. The van der Waals surface area contributed by atoms with Gasteiger partial charge in [0, 0.05) is 36.3 Å². The van der Waals surface area contributed by atoms with Crippen molar-refractivity contribution in [1.82, 2.24) is 24.9 Å². The van der Waals surface area contributed by atoms with Gasteiger partial charge in [-0.2, -0.15) is 4.39 Å². The number of anilines is 1. The predicted octanol–water partition coefficient (Wildman–Crippen LogP) is 4.05. The molecule has 4 heterocycles. The lowest BCUT2D eigenvalue weighted by molar-refractivity contribution is 0.571. The van der Waals surface area contributed by atoms with Crippen LogP contribution in [0.4, 0.5) is 10.2 Å². The topological polar surface area (TPSA) is 79.4 Å². The lowest BCUT2D eigenvalue weighted by Crippen LogP contribution is -2.04. The Labute approximate surface area is 159 Å². The van der Waals surface area contributed by atoms with E-state index in [0.29, 0.717) is 29.5 Å². The van der Waals surface area contributed by atoms with Gasteiger partial charge < -0.3 is 10.3 Å². The monoisotopic (exact) mass is 382 g/mol. The molecule has 4 rings (SSSR count). The summed E-state index contributed by atoms with van der Waals surface area (Å²) in [5, 5.41) is 4.45. The van der Waals surface area contributed by atoms with Crippen LogP contribution in [0, 0.1) is 12.9 Å². The van der Waals surface area contributed by atoms with Crippen molar-refractivity contribution in [3.05, 3.63) is 76.5 Å². The first-order valence-electron chi connectivity index (χ1n) is 8.37. The summed E-state index contributed by atoms with van der Waals surface area (Å²) in [6.07, 6.45) is 5.43. The van der Waals surface area contributed by atoms with Crippen LogP contribution in [-0.4, -0.2) is 24.9 Å². The highest BCUT2D eigenvalue weighted by atomic mass is 35.5. The number of aromatic nitrogens is 5. The van der Waals surface area contributed by atoms with Crippen molar-refractivity contribution in [2.75, 3.05) is 5.32 Å². The third-order valence-corrected chi connectivity index (χ3v) is 4.53. The van der Waals surface area contributed by atoms with Gasteiger partial charge >= 0.3 is 0 Å². The molecule has 8 heteroatoms. The van der Waals surface area contributed by atoms with Crippen LogP contribution in [0.2, 0.25) is 5.15 Å². The number of halogens is 2. The zero-order chi connectivity index (χ0) is 18.8. The summed E-state index contributed by atoms with van der Waals surface area (Å²) in [5.74, 6) is -0.0391. The van der Waals surface area contributed by atoms with Crippen LogP contribution in [-0.2, 0) is 13.0 Å². The Kier molecular flexibility index (Phi) is 4.68. The van der Waals surface area contributed by atoms with E-state index in [0.717, 1.165) is 27.9 Å². The van der Waals surface area contributed by atoms with Crippen molar-refractivity contribution >= 4 is 28.5 Å². The van der Waals surface area contributed by atoms with Crippen LogP contribution in [0.25, 0.3) is 11.0 Å². The molecular formula is C19H16ClFN6. The lowest BCUT2D eigenvalue weighted by atomic mass is 10.1. The number of pyridine rings is 2. The van der Waals surface area contributed by atoms with E-state index in [1.165, 1.54) is 6.33 Å². The second-order valence-corrected chi connectivity index (χ2v) is 6.55. The average molecular weight is 383 g/mol. The highest BCUT2D eigenvalue weighted by molar-refractivity contribution is 6.29. The summed E-state index contributed by atoms with van der Waals surface area (Å²) in [4.78, 5) is 19.6. The van der Waals surface area contributed by atoms with Crippen molar-refractivity contribution in [3.63, 3.8) is 0 Å². The van der Waals surface area contributed by atoms with Gasteiger partial charge in [-0.05, 0) is 30.2 Å². The number of hydrogen-bond donors (Lipinski definition) is 2. The number of rotatable bonds is 5. The average Bonchev–Trinajstić information content (AvgIpc) is 3.07. The molecule has 0 amide bonds. The molecule has 0 atom stereocenters. The molecule has 0 spiro atoms. The SMILES string of the molecule is Cc1ncnc2[nH]cc(Cc3ccc(NCc4ccc(Cl)nc4)nc3F)c12. The summed E-state index contributed by atoms with van der Waals surface area (Å²) in [5.41, 5.74) is 4.00. The second kappa shape index (κ2) is 7.28. The van der Waals surface area contributed by atoms with Crippen molar-refractivity contribution in [3.8, 4) is 0 Å². The van der Waals surface area contributed by atoms with Crippen LogP contribution >= 0.6 is 11.6 Å². The highest BCUT2D eigenvalue weighted by Gasteiger charge is 2.12. The molecule has 0 unspecified atom stereocenters. The maximum atomic E-state index is 14.5. The molecule has 0 aliphatic rings. The minimum Gasteiger partial charge on any atom is -0.366 e. The molecule has 6 nitrogen and oxygen atoms in total. The predicted molar refractivity (Wildman–Crippen MR) is 102 cm³/mol. The number of nitrogens with one attached hydrogen (secondary N) is 2. The van der Waals surface area contributed by atoms with Crippen molar-refractivity contribution in [2.45, 2.75) is 19.9 Å². The lowest BCUT2D eigenvalue weighted by Gasteiger charge is -2.08. The van der Waals surface area contributed by atoms with Crippen molar-refractivity contribution in [1.29, 1.82) is 0 Å². The molecule has 0 fully saturated rings. The van der Waals surface area contributed by atoms with Gasteiger partial charge in [-0.25, -0.2) is 19.9 Å². The van der Waals surface area contributed by atoms with Crippen LogP contribution in [0.3, 0.4) is 0 Å². The normalized spacial score (nSPS) is 11.1. The molecule has 4 aromatic heterocycles. The molecule has 4 aromatic rings.